The van der Waals surface area contributed by atoms with E-state index in [0.717, 1.165) is 36.8 Å². The van der Waals surface area contributed by atoms with Gasteiger partial charge < -0.3 is 20.5 Å². The minimum atomic E-state index is -0.474. The Balaban J connectivity index is 1.77. The van der Waals surface area contributed by atoms with Gasteiger partial charge in [0.05, 0.1) is 26.2 Å². The molecule has 1 aliphatic carbocycles. The first-order chi connectivity index (χ1) is 14.0. The molecule has 0 fully saturated rings. The molecule has 0 unspecified atom stereocenters. The van der Waals surface area contributed by atoms with Crippen LogP contribution in [0.4, 0.5) is 5.00 Å². The van der Waals surface area contributed by atoms with Crippen molar-refractivity contribution in [2.24, 2.45) is 11.7 Å². The molecule has 1 aromatic carbocycles. The molecule has 0 bridgehead atoms. The molecule has 2 amide bonds. The van der Waals surface area contributed by atoms with Crippen molar-refractivity contribution in [3.63, 3.8) is 0 Å². The molecule has 0 spiro atoms. The fraction of sp³-hybridized carbons (Fsp3) is 0.455. The highest BCUT2D eigenvalue weighted by Crippen LogP contribution is 2.40. The Morgan fingerprint density at radius 2 is 2.00 bits per heavy atom. The summed E-state index contributed by atoms with van der Waals surface area (Å²) in [4.78, 5) is 26.0. The van der Waals surface area contributed by atoms with Crippen LogP contribution in [0, 0.1) is 5.92 Å². The summed E-state index contributed by atoms with van der Waals surface area (Å²) in [5.74, 6) is 1.16. The smallest absolute Gasteiger partial charge is 0.251 e. The number of hydrogen-bond donors (Lipinski definition) is 2. The largest absolute Gasteiger partial charge is 0.493 e. The van der Waals surface area contributed by atoms with E-state index in [1.807, 2.05) is 6.07 Å². The number of thiophene rings is 1. The van der Waals surface area contributed by atoms with Crippen LogP contribution in [0.2, 0.25) is 0 Å². The fourth-order valence-electron chi connectivity index (χ4n) is 4.00. The number of anilines is 1. The lowest BCUT2D eigenvalue weighted by molar-refractivity contribution is -0.115. The Kier molecular flexibility index (Phi) is 6.79. The standard InChI is InChI=1S/C22H28N2O4S/c1-4-5-13-6-8-15-18(11-13)29-22(20(15)21(23)26)24-19(25)12-14-7-9-16(27-2)17(10-14)28-3/h7,9-10,13H,4-6,8,11-12H2,1-3H3,(H2,23,26)(H,24,25)/t13-/m0/s1. The van der Waals surface area contributed by atoms with E-state index in [1.54, 1.807) is 26.4 Å². The highest BCUT2D eigenvalue weighted by molar-refractivity contribution is 7.17. The quantitative estimate of drug-likeness (QED) is 0.682. The van der Waals surface area contributed by atoms with Gasteiger partial charge in [-0.2, -0.15) is 0 Å². The maximum atomic E-state index is 12.7. The van der Waals surface area contributed by atoms with Gasteiger partial charge in [-0.1, -0.05) is 25.8 Å². The van der Waals surface area contributed by atoms with Crippen LogP contribution in [0.1, 0.15) is 52.5 Å². The van der Waals surface area contributed by atoms with Crippen molar-refractivity contribution < 1.29 is 19.1 Å². The van der Waals surface area contributed by atoms with Gasteiger partial charge in [-0.3, -0.25) is 9.59 Å². The van der Waals surface area contributed by atoms with Crippen LogP contribution < -0.4 is 20.5 Å². The second kappa shape index (κ2) is 9.31. The number of ether oxygens (including phenoxy) is 2. The molecule has 0 radical (unpaired) electrons. The molecule has 7 heteroatoms. The van der Waals surface area contributed by atoms with Gasteiger partial charge >= 0.3 is 0 Å². The van der Waals surface area contributed by atoms with Crippen molar-refractivity contribution in [2.75, 3.05) is 19.5 Å². The first-order valence-corrected chi connectivity index (χ1v) is 10.7. The number of nitrogens with two attached hydrogens (primary N) is 1. The zero-order chi connectivity index (χ0) is 21.0. The van der Waals surface area contributed by atoms with E-state index < -0.39 is 5.91 Å². The number of carbonyl (C=O) groups is 2. The molecule has 1 atom stereocenters. The minimum Gasteiger partial charge on any atom is -0.493 e. The molecule has 6 nitrogen and oxygen atoms in total. The molecule has 1 heterocycles. The van der Waals surface area contributed by atoms with Crippen LogP contribution in [0.15, 0.2) is 18.2 Å². The number of rotatable bonds is 8. The lowest BCUT2D eigenvalue weighted by Crippen LogP contribution is -2.20. The van der Waals surface area contributed by atoms with Crippen molar-refractivity contribution in [3.05, 3.63) is 39.8 Å². The summed E-state index contributed by atoms with van der Waals surface area (Å²) >= 11 is 1.50. The Labute approximate surface area is 175 Å². The molecule has 1 aliphatic rings. The summed E-state index contributed by atoms with van der Waals surface area (Å²) in [5.41, 5.74) is 7.97. The lowest BCUT2D eigenvalue weighted by atomic mass is 9.84. The van der Waals surface area contributed by atoms with E-state index >= 15 is 0 Å². The molecule has 3 N–H and O–H groups in total. The maximum absolute atomic E-state index is 12.7. The summed E-state index contributed by atoms with van der Waals surface area (Å²) in [6.45, 7) is 2.19. The van der Waals surface area contributed by atoms with Gasteiger partial charge in [-0.05, 0) is 48.4 Å². The molecule has 0 saturated carbocycles. The van der Waals surface area contributed by atoms with E-state index in [4.69, 9.17) is 15.2 Å². The highest BCUT2D eigenvalue weighted by Gasteiger charge is 2.28. The predicted octanol–water partition coefficient (Wildman–Crippen LogP) is 3.95. The Morgan fingerprint density at radius 1 is 1.24 bits per heavy atom. The number of nitrogens with one attached hydrogen (secondary N) is 1. The number of methoxy groups -OCH3 is 2. The van der Waals surface area contributed by atoms with Crippen LogP contribution in [0.5, 0.6) is 11.5 Å². The van der Waals surface area contributed by atoms with Crippen LogP contribution in [0.3, 0.4) is 0 Å². The first kappa shape index (κ1) is 21.2. The fourth-order valence-corrected chi connectivity index (χ4v) is 5.39. The predicted molar refractivity (Wildman–Crippen MR) is 115 cm³/mol. The number of benzene rings is 1. The van der Waals surface area contributed by atoms with E-state index in [1.165, 1.54) is 22.6 Å². The van der Waals surface area contributed by atoms with Crippen LogP contribution in [-0.4, -0.2) is 26.0 Å². The van der Waals surface area contributed by atoms with Crippen LogP contribution >= 0.6 is 11.3 Å². The third-order valence-corrected chi connectivity index (χ3v) is 6.55. The summed E-state index contributed by atoms with van der Waals surface area (Å²) in [7, 11) is 3.13. The lowest BCUT2D eigenvalue weighted by Gasteiger charge is -2.21. The summed E-state index contributed by atoms with van der Waals surface area (Å²) in [5, 5.41) is 3.49. The molecule has 156 valence electrons. The van der Waals surface area contributed by atoms with E-state index in [-0.39, 0.29) is 12.3 Å². The van der Waals surface area contributed by atoms with Crippen LogP contribution in [0.25, 0.3) is 0 Å². The van der Waals surface area contributed by atoms with Crippen molar-refractivity contribution >= 4 is 28.2 Å². The first-order valence-electron chi connectivity index (χ1n) is 9.91. The molecule has 29 heavy (non-hydrogen) atoms. The number of fused-ring (bicyclic) bond motifs is 1. The molecular weight excluding hydrogens is 388 g/mol. The third-order valence-electron chi connectivity index (χ3n) is 5.38. The van der Waals surface area contributed by atoms with E-state index in [0.29, 0.717) is 28.0 Å². The molecular formula is C22H28N2O4S. The van der Waals surface area contributed by atoms with Crippen molar-refractivity contribution in [1.82, 2.24) is 0 Å². The third kappa shape index (κ3) is 4.72. The van der Waals surface area contributed by atoms with Crippen molar-refractivity contribution in [2.45, 2.75) is 45.4 Å². The zero-order valence-corrected chi connectivity index (χ0v) is 18.0. The van der Waals surface area contributed by atoms with Gasteiger partial charge in [0.2, 0.25) is 5.91 Å². The second-order valence-electron chi connectivity index (χ2n) is 7.38. The minimum absolute atomic E-state index is 0.166. The van der Waals surface area contributed by atoms with Crippen molar-refractivity contribution in [3.8, 4) is 11.5 Å². The van der Waals surface area contributed by atoms with Gasteiger partial charge in [0.15, 0.2) is 11.5 Å². The SMILES string of the molecule is CCC[C@H]1CCc2c(sc(NC(=O)Cc3ccc(OC)c(OC)c3)c2C(N)=O)C1. The van der Waals surface area contributed by atoms with E-state index in [9.17, 15) is 9.59 Å². The number of amides is 2. The highest BCUT2D eigenvalue weighted by atomic mass is 32.1. The van der Waals surface area contributed by atoms with Crippen LogP contribution in [-0.2, 0) is 24.1 Å². The maximum Gasteiger partial charge on any atom is 0.251 e. The van der Waals surface area contributed by atoms with Gasteiger partial charge in [-0.15, -0.1) is 11.3 Å². The molecule has 0 saturated heterocycles. The normalized spacial score (nSPS) is 15.5. The number of hydrogen-bond acceptors (Lipinski definition) is 5. The monoisotopic (exact) mass is 416 g/mol. The summed E-state index contributed by atoms with van der Waals surface area (Å²) in [6.07, 6.45) is 5.38. The Morgan fingerprint density at radius 3 is 2.66 bits per heavy atom. The Bertz CT molecular complexity index is 906. The van der Waals surface area contributed by atoms with Gasteiger partial charge in [-0.25, -0.2) is 0 Å². The van der Waals surface area contributed by atoms with Gasteiger partial charge in [0.25, 0.3) is 5.91 Å². The molecule has 3 rings (SSSR count). The average Bonchev–Trinajstić information content (AvgIpc) is 3.05. The molecule has 1 aromatic heterocycles. The topological polar surface area (TPSA) is 90.7 Å². The summed E-state index contributed by atoms with van der Waals surface area (Å²) < 4.78 is 10.5. The number of primary amides is 1. The van der Waals surface area contributed by atoms with E-state index in [2.05, 4.69) is 12.2 Å². The van der Waals surface area contributed by atoms with Gasteiger partial charge in [0.1, 0.15) is 5.00 Å². The van der Waals surface area contributed by atoms with Crippen molar-refractivity contribution in [1.29, 1.82) is 0 Å². The second-order valence-corrected chi connectivity index (χ2v) is 8.49. The molecule has 0 aliphatic heterocycles. The van der Waals surface area contributed by atoms with Gasteiger partial charge in [0, 0.05) is 4.88 Å². The number of carbonyl (C=O) groups excluding carboxylic acids is 2. The summed E-state index contributed by atoms with van der Waals surface area (Å²) in [6, 6.07) is 5.38. The Hall–Kier alpha value is -2.54. The molecule has 2 aromatic rings. The average molecular weight is 417 g/mol. The zero-order valence-electron chi connectivity index (χ0n) is 17.2.